The molecule has 2 aromatic heterocycles. The maximum atomic E-state index is 15.0. The third-order valence-electron chi connectivity index (χ3n) is 5.47. The highest BCUT2D eigenvalue weighted by Crippen LogP contribution is 2.26. The van der Waals surface area contributed by atoms with Crippen LogP contribution in [0.5, 0.6) is 0 Å². The minimum atomic E-state index is -3.83. The summed E-state index contributed by atoms with van der Waals surface area (Å²) in [6.07, 6.45) is 0.947. The first-order chi connectivity index (χ1) is 17.2. The highest BCUT2D eigenvalue weighted by atomic mass is 35.5. The van der Waals surface area contributed by atoms with E-state index in [4.69, 9.17) is 16.3 Å². The van der Waals surface area contributed by atoms with Crippen LogP contribution in [0.4, 0.5) is 4.39 Å². The first-order valence-electron chi connectivity index (χ1n) is 10.7. The van der Waals surface area contributed by atoms with E-state index in [-0.39, 0.29) is 27.3 Å². The van der Waals surface area contributed by atoms with Gasteiger partial charge in [-0.25, -0.2) is 22.8 Å². The van der Waals surface area contributed by atoms with Crippen LogP contribution in [0.3, 0.4) is 0 Å². The Morgan fingerprint density at radius 1 is 1.17 bits per heavy atom. The van der Waals surface area contributed by atoms with E-state index < -0.39 is 32.7 Å². The van der Waals surface area contributed by atoms with Gasteiger partial charge in [-0.1, -0.05) is 17.7 Å². The Morgan fingerprint density at radius 3 is 2.69 bits per heavy atom. The van der Waals surface area contributed by atoms with Gasteiger partial charge in [-0.15, -0.1) is 11.3 Å². The maximum absolute atomic E-state index is 15.0. The lowest BCUT2D eigenvalue weighted by molar-refractivity contribution is -0.116. The van der Waals surface area contributed by atoms with Gasteiger partial charge in [0.05, 0.1) is 27.5 Å². The molecule has 1 aliphatic heterocycles. The number of Topliss-reactive ketones (excluding diaryl/α,β-unsaturated/α-hetero) is 1. The lowest BCUT2D eigenvalue weighted by Crippen LogP contribution is -2.20. The van der Waals surface area contributed by atoms with Gasteiger partial charge in [-0.05, 0) is 48.0 Å². The number of aromatic nitrogens is 2. The molecule has 12 heteroatoms. The van der Waals surface area contributed by atoms with Crippen LogP contribution in [0.25, 0.3) is 16.6 Å². The molecule has 0 atom stereocenters. The molecule has 5 rings (SSSR count). The number of benzene rings is 2. The molecule has 36 heavy (non-hydrogen) atoms. The molecular formula is C24H17ClFN3O5S2. The summed E-state index contributed by atoms with van der Waals surface area (Å²) < 4.78 is 46.6. The third-order valence-corrected chi connectivity index (χ3v) is 8.96. The Labute approximate surface area is 213 Å². The molecule has 0 bridgehead atoms. The highest BCUT2D eigenvalue weighted by Gasteiger charge is 2.22. The van der Waals surface area contributed by atoms with Crippen molar-refractivity contribution in [2.45, 2.75) is 10.6 Å². The van der Waals surface area contributed by atoms with Gasteiger partial charge in [-0.3, -0.25) is 14.2 Å². The molecule has 2 aromatic carbocycles. The maximum Gasteiger partial charge on any atom is 0.265 e. The summed E-state index contributed by atoms with van der Waals surface area (Å²) in [4.78, 5) is 34.0. The van der Waals surface area contributed by atoms with Gasteiger partial charge in [0.25, 0.3) is 5.56 Å². The zero-order valence-electron chi connectivity index (χ0n) is 18.5. The van der Waals surface area contributed by atoms with Crippen LogP contribution in [-0.2, 0) is 25.8 Å². The average molecular weight is 546 g/mol. The molecule has 0 saturated carbocycles. The summed E-state index contributed by atoms with van der Waals surface area (Å²) in [7, 11) is -3.83. The van der Waals surface area contributed by atoms with Crippen molar-refractivity contribution in [2.24, 2.45) is 4.99 Å². The first-order valence-corrected chi connectivity index (χ1v) is 13.5. The van der Waals surface area contributed by atoms with Crippen molar-refractivity contribution in [1.82, 2.24) is 9.55 Å². The van der Waals surface area contributed by atoms with Gasteiger partial charge in [-0.2, -0.15) is 0 Å². The molecule has 0 unspecified atom stereocenters. The molecule has 0 radical (unpaired) electrons. The largest absolute Gasteiger partial charge is 0.476 e. The number of carbonyl (C=O) groups is 1. The number of aliphatic imine (C=N–C) groups is 1. The van der Waals surface area contributed by atoms with E-state index in [2.05, 4.69) is 9.98 Å². The van der Waals surface area contributed by atoms with E-state index in [1.807, 2.05) is 0 Å². The van der Waals surface area contributed by atoms with E-state index in [0.29, 0.717) is 34.5 Å². The third kappa shape index (κ3) is 4.81. The number of hydrogen-bond donors (Lipinski definition) is 0. The molecule has 0 saturated heterocycles. The number of ether oxygens (including phenoxy) is 1. The smallest absolute Gasteiger partial charge is 0.265 e. The van der Waals surface area contributed by atoms with E-state index in [9.17, 15) is 22.4 Å². The van der Waals surface area contributed by atoms with Gasteiger partial charge in [0, 0.05) is 12.0 Å². The van der Waals surface area contributed by atoms with Crippen LogP contribution < -0.4 is 5.56 Å². The number of rotatable bonds is 7. The number of nitrogens with zero attached hydrogens (tertiary/aromatic N) is 3. The zero-order chi connectivity index (χ0) is 25.4. The van der Waals surface area contributed by atoms with Crippen molar-refractivity contribution in [2.75, 3.05) is 18.9 Å². The van der Waals surface area contributed by atoms with Gasteiger partial charge >= 0.3 is 0 Å². The van der Waals surface area contributed by atoms with Crippen LogP contribution in [0.2, 0.25) is 4.34 Å². The fourth-order valence-corrected chi connectivity index (χ4v) is 6.63. The summed E-state index contributed by atoms with van der Waals surface area (Å²) in [5.41, 5.74) is 0.893. The van der Waals surface area contributed by atoms with Crippen LogP contribution in [-0.4, -0.2) is 48.6 Å². The number of sulfone groups is 1. The van der Waals surface area contributed by atoms with Crippen LogP contribution >= 0.6 is 22.9 Å². The van der Waals surface area contributed by atoms with Gasteiger partial charge in [0.2, 0.25) is 5.90 Å². The number of carbonyl (C=O) groups excluding carboxylic acids is 1. The predicted molar refractivity (Wildman–Crippen MR) is 135 cm³/mol. The van der Waals surface area contributed by atoms with Crippen molar-refractivity contribution in [3.8, 4) is 5.69 Å². The second-order valence-electron chi connectivity index (χ2n) is 8.01. The molecular weight excluding hydrogens is 529 g/mol. The monoisotopic (exact) mass is 545 g/mol. The highest BCUT2D eigenvalue weighted by molar-refractivity contribution is 7.94. The molecule has 0 spiro atoms. The molecule has 0 N–H and O–H groups in total. The van der Waals surface area contributed by atoms with Crippen molar-refractivity contribution in [3.63, 3.8) is 0 Å². The normalized spacial score (nSPS) is 13.6. The predicted octanol–water partition coefficient (Wildman–Crippen LogP) is 3.60. The summed E-state index contributed by atoms with van der Waals surface area (Å²) in [5.74, 6) is -1.57. The Bertz CT molecular complexity index is 1710. The van der Waals surface area contributed by atoms with E-state index >= 15 is 0 Å². The summed E-state index contributed by atoms with van der Waals surface area (Å²) in [5, 5.41) is 0.289. The zero-order valence-corrected chi connectivity index (χ0v) is 20.9. The quantitative estimate of drug-likeness (QED) is 0.351. The number of thiophene rings is 1. The number of ketones is 1. The lowest BCUT2D eigenvalue weighted by atomic mass is 10.1. The van der Waals surface area contributed by atoms with Crippen LogP contribution in [0, 0.1) is 5.82 Å². The first kappa shape index (κ1) is 24.3. The Hall–Kier alpha value is -3.41. The molecule has 1 aliphatic rings. The Balaban J connectivity index is 1.37. The van der Waals surface area contributed by atoms with Gasteiger partial charge in [0.1, 0.15) is 28.7 Å². The molecule has 3 heterocycles. The van der Waals surface area contributed by atoms with Gasteiger partial charge < -0.3 is 4.74 Å². The van der Waals surface area contributed by atoms with Crippen molar-refractivity contribution in [3.05, 3.63) is 86.5 Å². The second-order valence-corrected chi connectivity index (χ2v) is 11.9. The molecule has 184 valence electrons. The minimum Gasteiger partial charge on any atom is -0.476 e. The summed E-state index contributed by atoms with van der Waals surface area (Å²) in [6.45, 7) is 1.07. The van der Waals surface area contributed by atoms with Crippen molar-refractivity contribution >= 4 is 55.4 Å². The number of fused-ring (bicyclic) bond motifs is 1. The second kappa shape index (κ2) is 9.57. The molecule has 4 aromatic rings. The van der Waals surface area contributed by atoms with E-state index in [1.54, 1.807) is 18.2 Å². The van der Waals surface area contributed by atoms with E-state index in [1.165, 1.54) is 30.6 Å². The Kier molecular flexibility index (Phi) is 6.45. The standard InChI is InChI=1S/C24H17ClFN3O5S2/c25-21-5-6-22(35-21)36(32,33)12-16(30)9-14-1-4-20(18(26)10-14)29-13-28-19-11-15(23-27-7-8-34-23)2-3-17(19)24(29)31/h1-6,10-11,13H,7-9,12H2. The molecule has 8 nitrogen and oxygen atoms in total. The fourth-order valence-electron chi connectivity index (χ4n) is 3.82. The Morgan fingerprint density at radius 2 is 2.00 bits per heavy atom. The minimum absolute atomic E-state index is 0.00133. The molecule has 0 aliphatic carbocycles. The average Bonchev–Trinajstić information content (AvgIpc) is 3.52. The molecule has 0 amide bonds. The number of halogens is 2. The lowest BCUT2D eigenvalue weighted by Gasteiger charge is -2.10. The number of hydrogen-bond acceptors (Lipinski definition) is 8. The van der Waals surface area contributed by atoms with Crippen LogP contribution in [0.1, 0.15) is 11.1 Å². The SMILES string of the molecule is O=C(Cc1ccc(-n2cnc3cc(C4=NCCO4)ccc3c2=O)c(F)c1)CS(=O)(=O)c1ccc(Cl)s1. The van der Waals surface area contributed by atoms with Gasteiger partial charge in [0.15, 0.2) is 15.6 Å². The summed E-state index contributed by atoms with van der Waals surface area (Å²) >= 11 is 6.65. The van der Waals surface area contributed by atoms with Crippen molar-refractivity contribution < 1.29 is 22.3 Å². The van der Waals surface area contributed by atoms with Crippen LogP contribution in [0.15, 0.2) is 68.9 Å². The fraction of sp³-hybridized carbons (Fsp3) is 0.167. The van der Waals surface area contributed by atoms with Crippen molar-refractivity contribution in [1.29, 1.82) is 0 Å². The topological polar surface area (TPSA) is 108 Å². The van der Waals surface area contributed by atoms with E-state index in [0.717, 1.165) is 22.0 Å². The summed E-state index contributed by atoms with van der Waals surface area (Å²) in [6, 6.07) is 11.7. The molecule has 0 fully saturated rings.